The van der Waals surface area contributed by atoms with Crippen LogP contribution in [0.15, 0.2) is 35.3 Å². The average molecular weight is 415 g/mol. The quantitative estimate of drug-likeness (QED) is 0.143. The predicted octanol–water partition coefficient (Wildman–Crippen LogP) is 3.30. The molecule has 10 heteroatoms. The molecule has 1 atom stereocenters. The van der Waals surface area contributed by atoms with Gasteiger partial charge in [0, 0.05) is 0 Å². The molecule has 2 rings (SSSR count). The van der Waals surface area contributed by atoms with Crippen molar-refractivity contribution < 1.29 is 41.4 Å². The zero-order valence-corrected chi connectivity index (χ0v) is 14.9. The zero-order chi connectivity index (χ0) is 21.7. The van der Waals surface area contributed by atoms with Crippen molar-refractivity contribution in [2.75, 3.05) is 13.2 Å². The first-order valence-corrected chi connectivity index (χ1v) is 8.21. The van der Waals surface area contributed by atoms with Gasteiger partial charge in [0.25, 0.3) is 0 Å². The minimum atomic E-state index is -2.45. The Labute approximate surface area is 161 Å². The summed E-state index contributed by atoms with van der Waals surface area (Å²) in [6.45, 7) is 0.369. The number of aliphatic hydroxyl groups excluding tert-OH is 1. The maximum Gasteiger partial charge on any atom is 0.360 e. The summed E-state index contributed by atoms with van der Waals surface area (Å²) >= 11 is 0. The molecule has 2 aromatic rings. The Morgan fingerprint density at radius 3 is 1.97 bits per heavy atom. The number of carbonyl (C=O) groups is 2. The molecule has 0 radical (unpaired) electrons. The number of halogens is 5. The molecular formula is C19H14F5NO4. The molecule has 0 saturated heterocycles. The van der Waals surface area contributed by atoms with Gasteiger partial charge in [-0.05, 0) is 12.5 Å². The average Bonchev–Trinajstić information content (AvgIpc) is 2.72. The normalized spacial score (nSPS) is 12.6. The lowest BCUT2D eigenvalue weighted by Gasteiger charge is -2.13. The van der Waals surface area contributed by atoms with Crippen molar-refractivity contribution in [1.82, 2.24) is 0 Å². The summed E-state index contributed by atoms with van der Waals surface area (Å²) < 4.78 is 72.8. The van der Waals surface area contributed by atoms with Crippen LogP contribution in [0.25, 0.3) is 0 Å². The van der Waals surface area contributed by atoms with Gasteiger partial charge in [0.2, 0.25) is 11.6 Å². The Kier molecular flexibility index (Phi) is 7.16. The fourth-order valence-corrected chi connectivity index (χ4v) is 2.38. The number of carbonyl (C=O) groups excluding carboxylic acids is 2. The van der Waals surface area contributed by atoms with Crippen LogP contribution in [0.5, 0.6) is 0 Å². The molecule has 0 aromatic heterocycles. The topological polar surface area (TPSA) is 76.0 Å². The highest BCUT2D eigenvalue weighted by Gasteiger charge is 2.35. The summed E-state index contributed by atoms with van der Waals surface area (Å²) in [5.41, 5.74) is -2.75. The molecule has 0 fully saturated rings. The van der Waals surface area contributed by atoms with E-state index in [0.717, 1.165) is 0 Å². The summed E-state index contributed by atoms with van der Waals surface area (Å²) in [5, 5.41) is 9.54. The number of nitrogens with zero attached hydrogens (tertiary/aromatic N) is 1. The molecule has 0 heterocycles. The van der Waals surface area contributed by atoms with Gasteiger partial charge in [0.15, 0.2) is 29.0 Å². The summed E-state index contributed by atoms with van der Waals surface area (Å²) in [6, 6.07) is 6.48. The lowest BCUT2D eigenvalue weighted by atomic mass is 10.0. The predicted molar refractivity (Wildman–Crippen MR) is 90.9 cm³/mol. The highest BCUT2D eigenvalue weighted by molar-refractivity contribution is 6.67. The van der Waals surface area contributed by atoms with Gasteiger partial charge in [-0.2, -0.15) is 0 Å². The molecule has 0 amide bonds. The van der Waals surface area contributed by atoms with Crippen LogP contribution in [-0.4, -0.2) is 35.8 Å². The Bertz CT molecular complexity index is 934. The maximum atomic E-state index is 14.0. The summed E-state index contributed by atoms with van der Waals surface area (Å²) in [7, 11) is 0. The summed E-state index contributed by atoms with van der Waals surface area (Å²) in [6.07, 6.45) is 0. The van der Waals surface area contributed by atoms with E-state index in [1.165, 1.54) is 19.1 Å². The monoisotopic (exact) mass is 415 g/mol. The number of ether oxygens (including phenoxy) is 1. The molecule has 29 heavy (non-hydrogen) atoms. The van der Waals surface area contributed by atoms with E-state index >= 15 is 0 Å². The molecule has 5 nitrogen and oxygen atoms in total. The van der Waals surface area contributed by atoms with Crippen LogP contribution in [0.2, 0.25) is 0 Å². The van der Waals surface area contributed by atoms with Crippen molar-refractivity contribution in [3.05, 3.63) is 70.5 Å². The molecule has 1 N–H and O–H groups in total. The van der Waals surface area contributed by atoms with E-state index in [0.29, 0.717) is 5.56 Å². The molecule has 0 bridgehead atoms. The maximum absolute atomic E-state index is 14.0. The largest absolute Gasteiger partial charge is 0.461 e. The molecule has 0 spiro atoms. The Balaban J connectivity index is 2.65. The number of benzene rings is 2. The Morgan fingerprint density at radius 1 is 0.966 bits per heavy atom. The van der Waals surface area contributed by atoms with E-state index in [2.05, 4.69) is 9.73 Å². The van der Waals surface area contributed by atoms with E-state index < -0.39 is 64.8 Å². The number of Topliss-reactive ketones (excluding diaryl/α,β-unsaturated/α-hetero) is 1. The number of hydrogen-bond acceptors (Lipinski definition) is 5. The van der Waals surface area contributed by atoms with Gasteiger partial charge in [-0.3, -0.25) is 9.79 Å². The van der Waals surface area contributed by atoms with Gasteiger partial charge in [-0.15, -0.1) is 0 Å². The van der Waals surface area contributed by atoms with Crippen LogP contribution in [0, 0.1) is 29.1 Å². The SMILES string of the molecule is CCOC(=O)C(=NC(CO)c1ccccc1)C(=O)c1c(F)c(F)c(F)c(F)c1F. The van der Waals surface area contributed by atoms with Gasteiger partial charge in [0.1, 0.15) is 5.56 Å². The zero-order valence-electron chi connectivity index (χ0n) is 14.9. The second kappa shape index (κ2) is 9.37. The molecule has 154 valence electrons. The minimum absolute atomic E-state index is 0.267. The van der Waals surface area contributed by atoms with Crippen LogP contribution < -0.4 is 0 Å². The van der Waals surface area contributed by atoms with Gasteiger partial charge < -0.3 is 9.84 Å². The van der Waals surface area contributed by atoms with Crippen LogP contribution in [0.3, 0.4) is 0 Å². The molecule has 2 aromatic carbocycles. The molecule has 1 unspecified atom stereocenters. The van der Waals surface area contributed by atoms with Crippen molar-refractivity contribution in [2.24, 2.45) is 4.99 Å². The smallest absolute Gasteiger partial charge is 0.360 e. The summed E-state index contributed by atoms with van der Waals surface area (Å²) in [5.74, 6) is -15.3. The number of rotatable bonds is 7. The van der Waals surface area contributed by atoms with Gasteiger partial charge in [-0.1, -0.05) is 30.3 Å². The highest BCUT2D eigenvalue weighted by Crippen LogP contribution is 2.25. The van der Waals surface area contributed by atoms with E-state index in [9.17, 15) is 36.6 Å². The fraction of sp³-hybridized carbons (Fsp3) is 0.211. The number of esters is 1. The fourth-order valence-electron chi connectivity index (χ4n) is 2.38. The van der Waals surface area contributed by atoms with Gasteiger partial charge >= 0.3 is 5.97 Å². The van der Waals surface area contributed by atoms with Crippen molar-refractivity contribution in [1.29, 1.82) is 0 Å². The number of aliphatic imine (C=N–C) groups is 1. The highest BCUT2D eigenvalue weighted by atomic mass is 19.2. The van der Waals surface area contributed by atoms with Crippen LogP contribution >= 0.6 is 0 Å². The van der Waals surface area contributed by atoms with Crippen LogP contribution in [-0.2, 0) is 9.53 Å². The second-order valence-electron chi connectivity index (χ2n) is 5.58. The van der Waals surface area contributed by atoms with Crippen molar-refractivity contribution in [3.8, 4) is 0 Å². The van der Waals surface area contributed by atoms with Gasteiger partial charge in [-0.25, -0.2) is 26.7 Å². The van der Waals surface area contributed by atoms with E-state index in [-0.39, 0.29) is 6.61 Å². The minimum Gasteiger partial charge on any atom is -0.461 e. The van der Waals surface area contributed by atoms with Crippen molar-refractivity contribution >= 4 is 17.5 Å². The molecule has 0 aliphatic heterocycles. The third-order valence-corrected chi connectivity index (χ3v) is 3.76. The van der Waals surface area contributed by atoms with Crippen LogP contribution in [0.4, 0.5) is 22.0 Å². The van der Waals surface area contributed by atoms with Gasteiger partial charge in [0.05, 0.1) is 19.3 Å². The molecular weight excluding hydrogens is 401 g/mol. The lowest BCUT2D eigenvalue weighted by Crippen LogP contribution is -2.30. The standard InChI is InChI=1S/C19H14F5NO4/c1-2-29-19(28)17(25-10(8-26)9-6-4-3-5-7-9)18(27)11-12(20)14(22)16(24)15(23)13(11)21/h3-7,10,26H,2,8H2,1H3. The second-order valence-corrected chi connectivity index (χ2v) is 5.58. The number of ketones is 1. The third kappa shape index (κ3) is 4.48. The first kappa shape index (κ1) is 22.2. The summed E-state index contributed by atoms with van der Waals surface area (Å²) in [4.78, 5) is 28.4. The number of hydrogen-bond donors (Lipinski definition) is 1. The first-order valence-electron chi connectivity index (χ1n) is 8.21. The lowest BCUT2D eigenvalue weighted by molar-refractivity contribution is -0.134. The van der Waals surface area contributed by atoms with Crippen molar-refractivity contribution in [3.63, 3.8) is 0 Å². The van der Waals surface area contributed by atoms with Crippen molar-refractivity contribution in [2.45, 2.75) is 13.0 Å². The Hall–Kier alpha value is -3.14. The molecule has 0 saturated carbocycles. The van der Waals surface area contributed by atoms with E-state index in [1.807, 2.05) is 0 Å². The van der Waals surface area contributed by atoms with E-state index in [1.54, 1.807) is 18.2 Å². The molecule has 0 aliphatic rings. The Morgan fingerprint density at radius 2 is 1.48 bits per heavy atom. The first-order chi connectivity index (χ1) is 13.7. The van der Waals surface area contributed by atoms with E-state index in [4.69, 9.17) is 0 Å². The third-order valence-electron chi connectivity index (χ3n) is 3.76. The molecule has 0 aliphatic carbocycles. The number of aliphatic hydroxyl groups is 1. The van der Waals surface area contributed by atoms with Crippen LogP contribution in [0.1, 0.15) is 28.9 Å².